The number of aryl methyl sites for hydroxylation is 1. The first-order valence-corrected chi connectivity index (χ1v) is 8.01. The van der Waals surface area contributed by atoms with Gasteiger partial charge in [0, 0.05) is 13.1 Å². The Morgan fingerprint density at radius 1 is 1.37 bits per heavy atom. The maximum Gasteiger partial charge on any atom is 0.244 e. The fourth-order valence-electron chi connectivity index (χ4n) is 1.96. The third-order valence-electron chi connectivity index (χ3n) is 2.94. The van der Waals surface area contributed by atoms with Gasteiger partial charge in [-0.05, 0) is 26.2 Å². The molecule has 3 N–H and O–H groups in total. The molecule has 0 radical (unpaired) electrons. The summed E-state index contributed by atoms with van der Waals surface area (Å²) in [5.41, 5.74) is 6.64. The normalized spacial score (nSPS) is 12.3. The van der Waals surface area contributed by atoms with Gasteiger partial charge in [-0.3, -0.25) is 4.68 Å². The van der Waals surface area contributed by atoms with Crippen molar-refractivity contribution in [2.75, 3.05) is 13.1 Å². The summed E-state index contributed by atoms with van der Waals surface area (Å²) < 4.78 is 28.8. The molecule has 0 unspecified atom stereocenters. The fraction of sp³-hybridized carbons (Fsp3) is 0.750. The molecular weight excluding hydrogens is 264 g/mol. The molecule has 0 saturated heterocycles. The van der Waals surface area contributed by atoms with Crippen molar-refractivity contribution in [1.82, 2.24) is 14.5 Å². The van der Waals surface area contributed by atoms with Crippen LogP contribution in [0.5, 0.6) is 0 Å². The average Bonchev–Trinajstić information content (AvgIpc) is 2.54. The molecule has 19 heavy (non-hydrogen) atoms. The standard InChI is InChI=1S/C12H24N4O2S/c1-9(2)5-7-14-19(17,18)12-10(3)15-16(8-6-13)11(12)4/h9,14H,5-8,13H2,1-4H3. The van der Waals surface area contributed by atoms with Gasteiger partial charge in [-0.1, -0.05) is 13.8 Å². The van der Waals surface area contributed by atoms with E-state index in [9.17, 15) is 8.42 Å². The molecule has 0 spiro atoms. The lowest BCUT2D eigenvalue weighted by Gasteiger charge is -2.09. The van der Waals surface area contributed by atoms with Crippen LogP contribution >= 0.6 is 0 Å². The Balaban J connectivity index is 2.95. The predicted molar refractivity (Wildman–Crippen MR) is 75.4 cm³/mol. The highest BCUT2D eigenvalue weighted by atomic mass is 32.2. The molecule has 0 atom stereocenters. The summed E-state index contributed by atoms with van der Waals surface area (Å²) in [6.07, 6.45) is 0.814. The minimum Gasteiger partial charge on any atom is -0.329 e. The monoisotopic (exact) mass is 288 g/mol. The molecule has 0 aromatic carbocycles. The molecule has 1 aromatic rings. The summed E-state index contributed by atoms with van der Waals surface area (Å²) in [5, 5.41) is 4.23. The van der Waals surface area contributed by atoms with Crippen molar-refractivity contribution in [3.63, 3.8) is 0 Å². The molecule has 0 aliphatic heterocycles. The number of nitrogens with zero attached hydrogens (tertiary/aromatic N) is 2. The molecular formula is C12H24N4O2S. The zero-order valence-corrected chi connectivity index (χ0v) is 12.9. The second-order valence-electron chi connectivity index (χ2n) is 5.09. The Labute approximate surface area is 115 Å². The van der Waals surface area contributed by atoms with E-state index in [1.54, 1.807) is 18.5 Å². The van der Waals surface area contributed by atoms with Crippen LogP contribution in [0.25, 0.3) is 0 Å². The van der Waals surface area contributed by atoms with Crippen molar-refractivity contribution in [3.05, 3.63) is 11.4 Å². The largest absolute Gasteiger partial charge is 0.329 e. The topological polar surface area (TPSA) is 90.0 Å². The van der Waals surface area contributed by atoms with Crippen molar-refractivity contribution < 1.29 is 8.42 Å². The Morgan fingerprint density at radius 2 is 2.00 bits per heavy atom. The average molecular weight is 288 g/mol. The molecule has 0 aliphatic rings. The van der Waals surface area contributed by atoms with Crippen molar-refractivity contribution >= 4 is 10.0 Å². The molecule has 0 saturated carbocycles. The summed E-state index contributed by atoms with van der Waals surface area (Å²) in [5.74, 6) is 0.463. The van der Waals surface area contributed by atoms with Crippen LogP contribution in [-0.2, 0) is 16.6 Å². The van der Waals surface area contributed by atoms with E-state index in [1.165, 1.54) is 0 Å². The van der Waals surface area contributed by atoms with Crippen LogP contribution in [0.3, 0.4) is 0 Å². The van der Waals surface area contributed by atoms with Crippen LogP contribution in [0, 0.1) is 19.8 Å². The van der Waals surface area contributed by atoms with Gasteiger partial charge in [-0.25, -0.2) is 13.1 Å². The van der Waals surface area contributed by atoms with Gasteiger partial charge < -0.3 is 5.73 Å². The molecule has 1 rings (SSSR count). The van der Waals surface area contributed by atoms with Crippen LogP contribution in [0.15, 0.2) is 4.90 Å². The van der Waals surface area contributed by atoms with Crippen molar-refractivity contribution in [2.45, 2.75) is 45.6 Å². The first-order valence-electron chi connectivity index (χ1n) is 6.53. The van der Waals surface area contributed by atoms with Crippen LogP contribution in [0.4, 0.5) is 0 Å². The molecule has 0 amide bonds. The number of sulfonamides is 1. The fourth-order valence-corrected chi connectivity index (χ4v) is 3.42. The molecule has 6 nitrogen and oxygen atoms in total. The highest BCUT2D eigenvalue weighted by Crippen LogP contribution is 2.19. The van der Waals surface area contributed by atoms with Crippen LogP contribution in [-0.4, -0.2) is 31.3 Å². The summed E-state index contributed by atoms with van der Waals surface area (Å²) in [6, 6.07) is 0. The van der Waals surface area contributed by atoms with Crippen LogP contribution < -0.4 is 10.5 Å². The van der Waals surface area contributed by atoms with Crippen LogP contribution in [0.2, 0.25) is 0 Å². The number of nitrogens with two attached hydrogens (primary N) is 1. The van der Waals surface area contributed by atoms with E-state index in [2.05, 4.69) is 23.7 Å². The lowest BCUT2D eigenvalue weighted by Crippen LogP contribution is -2.26. The SMILES string of the molecule is Cc1nn(CCN)c(C)c1S(=O)(=O)NCCC(C)C. The van der Waals surface area contributed by atoms with E-state index in [4.69, 9.17) is 5.73 Å². The van der Waals surface area contributed by atoms with Gasteiger partial charge in [0.1, 0.15) is 4.90 Å². The number of nitrogens with one attached hydrogen (secondary N) is 1. The van der Waals surface area contributed by atoms with Gasteiger partial charge >= 0.3 is 0 Å². The van der Waals surface area contributed by atoms with E-state index < -0.39 is 10.0 Å². The van der Waals surface area contributed by atoms with Gasteiger partial charge in [0.25, 0.3) is 0 Å². The van der Waals surface area contributed by atoms with Gasteiger partial charge in [0.05, 0.1) is 17.9 Å². The molecule has 1 heterocycles. The molecule has 0 bridgehead atoms. The summed E-state index contributed by atoms with van der Waals surface area (Å²) >= 11 is 0. The third-order valence-corrected chi connectivity index (χ3v) is 4.65. The van der Waals surface area contributed by atoms with E-state index in [1.807, 2.05) is 0 Å². The molecule has 1 aromatic heterocycles. The molecule has 0 aliphatic carbocycles. The van der Waals surface area contributed by atoms with E-state index in [0.29, 0.717) is 36.9 Å². The van der Waals surface area contributed by atoms with Crippen molar-refractivity contribution in [3.8, 4) is 0 Å². The molecule has 110 valence electrons. The molecule has 7 heteroatoms. The number of hydrogen-bond donors (Lipinski definition) is 2. The Morgan fingerprint density at radius 3 is 2.53 bits per heavy atom. The van der Waals surface area contributed by atoms with Gasteiger partial charge in [0.15, 0.2) is 0 Å². The van der Waals surface area contributed by atoms with Gasteiger partial charge in [-0.15, -0.1) is 0 Å². The van der Waals surface area contributed by atoms with E-state index in [-0.39, 0.29) is 4.90 Å². The van der Waals surface area contributed by atoms with Gasteiger partial charge in [0.2, 0.25) is 10.0 Å². The van der Waals surface area contributed by atoms with E-state index >= 15 is 0 Å². The Bertz CT molecular complexity index is 520. The number of hydrogen-bond acceptors (Lipinski definition) is 4. The Kier molecular flexibility index (Phi) is 5.51. The first-order chi connectivity index (χ1) is 8.79. The third kappa shape index (κ3) is 4.02. The maximum atomic E-state index is 12.3. The lowest BCUT2D eigenvalue weighted by atomic mass is 10.1. The van der Waals surface area contributed by atoms with Crippen LogP contribution in [0.1, 0.15) is 31.7 Å². The first kappa shape index (κ1) is 16.1. The quantitative estimate of drug-likeness (QED) is 0.776. The van der Waals surface area contributed by atoms with Crippen molar-refractivity contribution in [2.24, 2.45) is 11.7 Å². The minimum absolute atomic E-state index is 0.282. The maximum absolute atomic E-state index is 12.3. The zero-order valence-electron chi connectivity index (χ0n) is 12.1. The highest BCUT2D eigenvalue weighted by Gasteiger charge is 2.23. The molecule has 0 fully saturated rings. The lowest BCUT2D eigenvalue weighted by molar-refractivity contribution is 0.550. The minimum atomic E-state index is -3.49. The van der Waals surface area contributed by atoms with E-state index in [0.717, 1.165) is 6.42 Å². The second-order valence-corrected chi connectivity index (χ2v) is 6.80. The smallest absolute Gasteiger partial charge is 0.244 e. The predicted octanol–water partition coefficient (Wildman–Crippen LogP) is 0.783. The highest BCUT2D eigenvalue weighted by molar-refractivity contribution is 7.89. The second kappa shape index (κ2) is 6.49. The summed E-state index contributed by atoms with van der Waals surface area (Å²) in [6.45, 7) is 8.98. The zero-order chi connectivity index (χ0) is 14.6. The summed E-state index contributed by atoms with van der Waals surface area (Å²) in [4.78, 5) is 0.282. The van der Waals surface area contributed by atoms with Crippen molar-refractivity contribution in [1.29, 1.82) is 0 Å². The Hall–Kier alpha value is -0.920. The number of aromatic nitrogens is 2. The summed E-state index contributed by atoms with van der Waals surface area (Å²) in [7, 11) is -3.49. The van der Waals surface area contributed by atoms with Gasteiger partial charge in [-0.2, -0.15) is 5.10 Å². The number of rotatable bonds is 7.